The van der Waals surface area contributed by atoms with Crippen LogP contribution in [0.15, 0.2) is 29.7 Å². The summed E-state index contributed by atoms with van der Waals surface area (Å²) in [4.78, 5) is 14.1. The summed E-state index contributed by atoms with van der Waals surface area (Å²) in [7, 11) is 0. The first kappa shape index (κ1) is 18.7. The van der Waals surface area contributed by atoms with E-state index in [1.165, 1.54) is 19.3 Å². The Morgan fingerprint density at radius 3 is 2.71 bits per heavy atom. The van der Waals surface area contributed by atoms with Gasteiger partial charge in [-0.25, -0.2) is 0 Å². The number of aliphatic hydroxyl groups excluding tert-OH is 1. The van der Waals surface area contributed by atoms with E-state index in [-0.39, 0.29) is 6.61 Å². The lowest BCUT2D eigenvalue weighted by Crippen LogP contribution is -2.38. The van der Waals surface area contributed by atoms with Crippen molar-refractivity contribution < 1.29 is 9.94 Å². The summed E-state index contributed by atoms with van der Waals surface area (Å²) in [6.07, 6.45) is 6.75. The van der Waals surface area contributed by atoms with Gasteiger partial charge in [0.2, 0.25) is 0 Å². The summed E-state index contributed by atoms with van der Waals surface area (Å²) in [5.41, 5.74) is 0.923. The predicted molar refractivity (Wildman–Crippen MR) is 95.9 cm³/mol. The quantitative estimate of drug-likeness (QED) is 0.447. The summed E-state index contributed by atoms with van der Waals surface area (Å²) in [5, 5.41) is 14.5. The molecule has 1 saturated heterocycles. The Labute approximate surface area is 145 Å². The lowest BCUT2D eigenvalue weighted by molar-refractivity contribution is 0.0147. The summed E-state index contributed by atoms with van der Waals surface area (Å²) < 4.78 is 0. The number of β-amino-alcohol motifs (C(OH)–C–C–N with tert-alkyl or cyclic N) is 1. The van der Waals surface area contributed by atoms with E-state index in [0.29, 0.717) is 6.54 Å². The molecule has 134 valence electrons. The maximum absolute atomic E-state index is 10.2. The van der Waals surface area contributed by atoms with Crippen molar-refractivity contribution in [2.75, 3.05) is 39.3 Å². The normalized spacial score (nSPS) is 17.5. The fourth-order valence-electron chi connectivity index (χ4n) is 2.99. The van der Waals surface area contributed by atoms with Crippen LogP contribution in [0.1, 0.15) is 38.7 Å². The topological polar surface area (TPSA) is 61.2 Å². The highest BCUT2D eigenvalue weighted by atomic mass is 16.6. The van der Waals surface area contributed by atoms with Crippen LogP contribution in [0.4, 0.5) is 0 Å². The summed E-state index contributed by atoms with van der Waals surface area (Å²) >= 11 is 0. The van der Waals surface area contributed by atoms with Crippen LogP contribution in [0, 0.1) is 0 Å². The van der Waals surface area contributed by atoms with Gasteiger partial charge in [-0.2, -0.15) is 0 Å². The van der Waals surface area contributed by atoms with Crippen LogP contribution in [0.3, 0.4) is 0 Å². The highest BCUT2D eigenvalue weighted by Gasteiger charge is 2.16. The van der Waals surface area contributed by atoms with E-state index in [2.05, 4.69) is 33.8 Å². The van der Waals surface area contributed by atoms with Gasteiger partial charge in [-0.05, 0) is 51.9 Å². The van der Waals surface area contributed by atoms with Gasteiger partial charge < -0.3 is 19.7 Å². The Hall–Kier alpha value is -1.66. The van der Waals surface area contributed by atoms with E-state index in [1.807, 2.05) is 12.1 Å². The van der Waals surface area contributed by atoms with Crippen molar-refractivity contribution in [3.8, 4) is 0 Å². The second kappa shape index (κ2) is 10.3. The Balaban J connectivity index is 1.91. The molecule has 2 heterocycles. The number of oxime groups is 1. The minimum atomic E-state index is -0.515. The second-order valence-electron chi connectivity index (χ2n) is 6.14. The van der Waals surface area contributed by atoms with E-state index >= 15 is 0 Å². The largest absolute Gasteiger partial charge is 0.391 e. The number of rotatable bonds is 8. The average Bonchev–Trinajstić information content (AvgIpc) is 2.63. The van der Waals surface area contributed by atoms with Crippen molar-refractivity contribution in [2.45, 2.75) is 39.2 Å². The molecule has 1 aromatic rings. The Kier molecular flexibility index (Phi) is 7.98. The molecule has 0 radical (unpaired) electrons. The van der Waals surface area contributed by atoms with E-state index in [0.717, 1.165) is 37.6 Å². The molecule has 1 aromatic heterocycles. The van der Waals surface area contributed by atoms with Gasteiger partial charge in [-0.1, -0.05) is 11.6 Å². The number of hydrogen-bond donors (Lipinski definition) is 1. The number of aromatic nitrogens is 1. The molecule has 6 heteroatoms. The zero-order chi connectivity index (χ0) is 17.2. The fourth-order valence-corrected chi connectivity index (χ4v) is 2.99. The van der Waals surface area contributed by atoms with Gasteiger partial charge in [-0.15, -0.1) is 0 Å². The molecule has 24 heavy (non-hydrogen) atoms. The van der Waals surface area contributed by atoms with Crippen LogP contribution in [-0.4, -0.2) is 71.2 Å². The Morgan fingerprint density at radius 2 is 2.08 bits per heavy atom. The number of aliphatic hydroxyl groups is 1. The van der Waals surface area contributed by atoms with E-state index in [4.69, 9.17) is 4.84 Å². The van der Waals surface area contributed by atoms with Crippen LogP contribution >= 0.6 is 0 Å². The van der Waals surface area contributed by atoms with Gasteiger partial charge in [0, 0.05) is 37.6 Å². The standard InChI is InChI=1S/C18H30N4O2/c1-3-22(4-2)18(16-9-8-10-19-13-16)20-24-15-17(23)14-21-11-6-5-7-12-21/h8-10,13,17,23H,3-7,11-12,14-15H2,1-2H3. The third kappa shape index (κ3) is 5.76. The van der Waals surface area contributed by atoms with Crippen LogP contribution in [0.25, 0.3) is 0 Å². The first-order chi connectivity index (χ1) is 11.7. The second-order valence-corrected chi connectivity index (χ2v) is 6.14. The first-order valence-electron chi connectivity index (χ1n) is 9.00. The molecule has 6 nitrogen and oxygen atoms in total. The monoisotopic (exact) mass is 334 g/mol. The van der Waals surface area contributed by atoms with Crippen molar-refractivity contribution in [3.63, 3.8) is 0 Å². The summed E-state index contributed by atoms with van der Waals surface area (Å²) in [6, 6.07) is 3.86. The van der Waals surface area contributed by atoms with Crippen LogP contribution in [0.5, 0.6) is 0 Å². The SMILES string of the molecule is CCN(CC)C(=NOCC(O)CN1CCCCC1)c1cccnc1. The number of piperidine rings is 1. The van der Waals surface area contributed by atoms with Crippen LogP contribution in [-0.2, 0) is 4.84 Å². The number of pyridine rings is 1. The minimum absolute atomic E-state index is 0.210. The molecule has 1 atom stereocenters. The predicted octanol–water partition coefficient (Wildman–Crippen LogP) is 1.95. The Morgan fingerprint density at radius 1 is 1.33 bits per heavy atom. The highest BCUT2D eigenvalue weighted by Crippen LogP contribution is 2.09. The molecule has 1 fully saturated rings. The van der Waals surface area contributed by atoms with Crippen molar-refractivity contribution >= 4 is 5.84 Å². The number of amidine groups is 1. The zero-order valence-corrected chi connectivity index (χ0v) is 14.9. The van der Waals surface area contributed by atoms with Gasteiger partial charge in [0.1, 0.15) is 12.7 Å². The molecular formula is C18H30N4O2. The van der Waals surface area contributed by atoms with Gasteiger partial charge in [-0.3, -0.25) is 4.98 Å². The molecule has 0 spiro atoms. The van der Waals surface area contributed by atoms with Crippen LogP contribution in [0.2, 0.25) is 0 Å². The van der Waals surface area contributed by atoms with Gasteiger partial charge in [0.15, 0.2) is 5.84 Å². The van der Waals surface area contributed by atoms with Crippen molar-refractivity contribution in [2.24, 2.45) is 5.16 Å². The smallest absolute Gasteiger partial charge is 0.177 e. The highest BCUT2D eigenvalue weighted by molar-refractivity contribution is 5.98. The third-order valence-corrected chi connectivity index (χ3v) is 4.32. The first-order valence-corrected chi connectivity index (χ1v) is 9.00. The molecule has 1 aliphatic heterocycles. The number of nitrogens with zero attached hydrogens (tertiary/aromatic N) is 4. The molecule has 0 aromatic carbocycles. The molecule has 0 saturated carbocycles. The zero-order valence-electron chi connectivity index (χ0n) is 14.9. The molecule has 1 aliphatic rings. The Bertz CT molecular complexity index is 485. The van der Waals surface area contributed by atoms with Gasteiger partial charge in [0.05, 0.1) is 0 Å². The van der Waals surface area contributed by atoms with Crippen molar-refractivity contribution in [1.82, 2.24) is 14.8 Å². The molecule has 1 unspecified atom stereocenters. The molecule has 0 aliphatic carbocycles. The van der Waals surface area contributed by atoms with E-state index in [1.54, 1.807) is 12.4 Å². The number of likely N-dealkylation sites (tertiary alicyclic amines) is 1. The summed E-state index contributed by atoms with van der Waals surface area (Å²) in [6.45, 7) is 8.85. The fraction of sp³-hybridized carbons (Fsp3) is 0.667. The van der Waals surface area contributed by atoms with E-state index < -0.39 is 6.10 Å². The van der Waals surface area contributed by atoms with Crippen molar-refractivity contribution in [3.05, 3.63) is 30.1 Å². The number of hydrogen-bond acceptors (Lipinski definition) is 5. The van der Waals surface area contributed by atoms with Crippen molar-refractivity contribution in [1.29, 1.82) is 0 Å². The molecule has 2 rings (SSSR count). The maximum atomic E-state index is 10.2. The third-order valence-electron chi connectivity index (χ3n) is 4.32. The lowest BCUT2D eigenvalue weighted by Gasteiger charge is -2.28. The van der Waals surface area contributed by atoms with Crippen LogP contribution < -0.4 is 0 Å². The molecule has 0 amide bonds. The minimum Gasteiger partial charge on any atom is -0.391 e. The molecule has 0 bridgehead atoms. The average molecular weight is 334 g/mol. The van der Waals surface area contributed by atoms with Gasteiger partial charge in [0.25, 0.3) is 0 Å². The molecular weight excluding hydrogens is 304 g/mol. The van der Waals surface area contributed by atoms with E-state index in [9.17, 15) is 5.11 Å². The summed E-state index contributed by atoms with van der Waals surface area (Å²) in [5.74, 6) is 0.762. The molecule has 1 N–H and O–H groups in total. The maximum Gasteiger partial charge on any atom is 0.177 e. The van der Waals surface area contributed by atoms with Gasteiger partial charge >= 0.3 is 0 Å². The lowest BCUT2D eigenvalue weighted by atomic mass is 10.1.